The number of anilines is 3. The van der Waals surface area contributed by atoms with Gasteiger partial charge in [-0.05, 0) is 31.1 Å². The number of rotatable bonds is 1. The van der Waals surface area contributed by atoms with Gasteiger partial charge < -0.3 is 10.6 Å². The van der Waals surface area contributed by atoms with Gasteiger partial charge in [0.25, 0.3) is 0 Å². The molecule has 96 valence electrons. The number of nitrogens with two attached hydrogens (primary N) is 1. The molecule has 1 aromatic rings. The summed E-state index contributed by atoms with van der Waals surface area (Å²) in [6.07, 6.45) is 5.33. The molecule has 2 heterocycles. The third-order valence-electron chi connectivity index (χ3n) is 3.44. The van der Waals surface area contributed by atoms with Gasteiger partial charge in [0.05, 0.1) is 11.9 Å². The molecule has 0 aromatic heterocycles. The molecular formula is C12H16N4O2. The molecule has 0 saturated carbocycles. The van der Waals surface area contributed by atoms with Crippen molar-refractivity contribution in [1.82, 2.24) is 5.17 Å². The maximum absolute atomic E-state index is 9.97. The van der Waals surface area contributed by atoms with Gasteiger partial charge in [-0.1, -0.05) is 0 Å². The van der Waals surface area contributed by atoms with Crippen LogP contribution in [0.1, 0.15) is 18.4 Å². The van der Waals surface area contributed by atoms with Crippen molar-refractivity contribution < 1.29 is 10.4 Å². The number of hydroxylamine groups is 1. The lowest BCUT2D eigenvalue weighted by Gasteiger charge is -2.33. The van der Waals surface area contributed by atoms with E-state index in [9.17, 15) is 10.4 Å². The van der Waals surface area contributed by atoms with Gasteiger partial charge in [-0.3, -0.25) is 10.4 Å². The third-order valence-corrected chi connectivity index (χ3v) is 3.44. The minimum atomic E-state index is 0.530. The maximum Gasteiger partial charge on any atom is 0.123 e. The van der Waals surface area contributed by atoms with E-state index in [1.165, 1.54) is 6.20 Å². The highest BCUT2D eigenvalue weighted by Gasteiger charge is 2.26. The molecule has 0 amide bonds. The van der Waals surface area contributed by atoms with Crippen LogP contribution >= 0.6 is 0 Å². The molecule has 0 aliphatic carbocycles. The van der Waals surface area contributed by atoms with Crippen LogP contribution in [-0.4, -0.2) is 28.7 Å². The Kier molecular flexibility index (Phi) is 2.53. The van der Waals surface area contributed by atoms with Crippen molar-refractivity contribution in [3.05, 3.63) is 23.9 Å². The minimum Gasteiger partial charge on any atom is -0.398 e. The molecule has 3 rings (SSSR count). The second-order valence-electron chi connectivity index (χ2n) is 4.56. The van der Waals surface area contributed by atoms with Crippen molar-refractivity contribution in [2.24, 2.45) is 0 Å². The summed E-state index contributed by atoms with van der Waals surface area (Å²) in [6, 6.07) is 3.72. The number of hydrogen-bond acceptors (Lipinski definition) is 6. The molecule has 0 spiro atoms. The molecular weight excluding hydrogens is 232 g/mol. The molecule has 2 aliphatic rings. The Bertz CT molecular complexity index is 497. The lowest BCUT2D eigenvalue weighted by molar-refractivity contribution is -0.122. The lowest BCUT2D eigenvalue weighted by atomic mass is 10.1. The van der Waals surface area contributed by atoms with Gasteiger partial charge in [-0.25, -0.2) is 0 Å². The minimum absolute atomic E-state index is 0.530. The quantitative estimate of drug-likeness (QED) is 0.656. The van der Waals surface area contributed by atoms with Crippen LogP contribution in [0.15, 0.2) is 18.3 Å². The third kappa shape index (κ3) is 1.58. The van der Waals surface area contributed by atoms with Crippen LogP contribution in [0.25, 0.3) is 6.08 Å². The average Bonchev–Trinajstić information content (AvgIpc) is 2.88. The van der Waals surface area contributed by atoms with E-state index in [2.05, 4.69) is 4.90 Å². The summed E-state index contributed by atoms with van der Waals surface area (Å²) < 4.78 is 0. The van der Waals surface area contributed by atoms with Crippen LogP contribution in [0.4, 0.5) is 17.1 Å². The van der Waals surface area contributed by atoms with Crippen molar-refractivity contribution in [2.75, 3.05) is 28.9 Å². The van der Waals surface area contributed by atoms with E-state index in [1.807, 2.05) is 12.1 Å². The van der Waals surface area contributed by atoms with Crippen molar-refractivity contribution in [3.63, 3.8) is 0 Å². The Hall–Kier alpha value is -1.92. The first-order valence-electron chi connectivity index (χ1n) is 6.01. The van der Waals surface area contributed by atoms with Crippen LogP contribution in [-0.2, 0) is 0 Å². The highest BCUT2D eigenvalue weighted by atomic mass is 16.7. The van der Waals surface area contributed by atoms with Gasteiger partial charge in [-0.2, -0.15) is 0 Å². The maximum atomic E-state index is 9.97. The first kappa shape index (κ1) is 11.2. The van der Waals surface area contributed by atoms with Gasteiger partial charge in [0.2, 0.25) is 0 Å². The Morgan fingerprint density at radius 3 is 2.56 bits per heavy atom. The van der Waals surface area contributed by atoms with Gasteiger partial charge in [0.15, 0.2) is 0 Å². The second kappa shape index (κ2) is 4.08. The number of nitrogens with zero attached hydrogens (tertiary/aromatic N) is 3. The predicted octanol–water partition coefficient (Wildman–Crippen LogP) is 1.66. The van der Waals surface area contributed by atoms with Gasteiger partial charge >= 0.3 is 0 Å². The molecule has 6 nitrogen and oxygen atoms in total. The van der Waals surface area contributed by atoms with E-state index < -0.39 is 0 Å². The fourth-order valence-corrected chi connectivity index (χ4v) is 2.52. The summed E-state index contributed by atoms with van der Waals surface area (Å²) in [5, 5.41) is 20.9. The van der Waals surface area contributed by atoms with E-state index in [4.69, 9.17) is 5.73 Å². The number of nitrogen functional groups attached to an aromatic ring is 1. The zero-order valence-corrected chi connectivity index (χ0v) is 9.95. The zero-order chi connectivity index (χ0) is 12.7. The van der Waals surface area contributed by atoms with Gasteiger partial charge in [0, 0.05) is 24.3 Å². The summed E-state index contributed by atoms with van der Waals surface area (Å²) in [6.45, 7) is 1.92. The standard InChI is InChI=1S/C12H16N4O2/c13-10-3-4-11(14-6-1-2-7-14)12-9(10)5-8-15(17)16(12)18/h3-5,8,17-18H,1-2,6-7,13H2. The molecule has 18 heavy (non-hydrogen) atoms. The summed E-state index contributed by atoms with van der Waals surface area (Å²) >= 11 is 0. The summed E-state index contributed by atoms with van der Waals surface area (Å²) in [5.41, 5.74) is 8.64. The monoisotopic (exact) mass is 248 g/mol. The molecule has 4 N–H and O–H groups in total. The Labute approximate surface area is 105 Å². The highest BCUT2D eigenvalue weighted by Crippen LogP contribution is 2.40. The summed E-state index contributed by atoms with van der Waals surface area (Å²) in [4.78, 5) is 2.19. The van der Waals surface area contributed by atoms with Crippen molar-refractivity contribution in [3.8, 4) is 0 Å². The number of fused-ring (bicyclic) bond motifs is 1. The SMILES string of the molecule is Nc1ccc(N2CCCC2)c2c1C=CN(O)N2O. The molecule has 1 saturated heterocycles. The Morgan fingerprint density at radius 2 is 1.83 bits per heavy atom. The average molecular weight is 248 g/mol. The largest absolute Gasteiger partial charge is 0.398 e. The summed E-state index contributed by atoms with van der Waals surface area (Å²) in [7, 11) is 0. The highest BCUT2D eigenvalue weighted by molar-refractivity contribution is 5.87. The van der Waals surface area contributed by atoms with Crippen molar-refractivity contribution in [1.29, 1.82) is 0 Å². The van der Waals surface area contributed by atoms with Crippen LogP contribution in [0.2, 0.25) is 0 Å². The Balaban J connectivity index is 2.13. The first-order valence-corrected chi connectivity index (χ1v) is 6.01. The smallest absolute Gasteiger partial charge is 0.123 e. The van der Waals surface area contributed by atoms with E-state index >= 15 is 0 Å². The van der Waals surface area contributed by atoms with Crippen LogP contribution < -0.4 is 15.8 Å². The molecule has 0 unspecified atom stereocenters. The summed E-state index contributed by atoms with van der Waals surface area (Å²) in [5.74, 6) is 0. The molecule has 1 aromatic carbocycles. The fraction of sp³-hybridized carbons (Fsp3) is 0.333. The Morgan fingerprint density at radius 1 is 1.11 bits per heavy atom. The van der Waals surface area contributed by atoms with E-state index in [1.54, 1.807) is 6.08 Å². The number of hydrogen-bond donors (Lipinski definition) is 3. The molecule has 0 bridgehead atoms. The molecule has 2 aliphatic heterocycles. The topological polar surface area (TPSA) is 76.2 Å². The number of hydrazine groups is 1. The van der Waals surface area contributed by atoms with E-state index in [-0.39, 0.29) is 0 Å². The molecule has 6 heteroatoms. The lowest BCUT2D eigenvalue weighted by Crippen LogP contribution is -2.37. The zero-order valence-electron chi connectivity index (χ0n) is 9.95. The molecule has 0 radical (unpaired) electrons. The predicted molar refractivity (Wildman–Crippen MR) is 69.2 cm³/mol. The van der Waals surface area contributed by atoms with E-state index in [0.29, 0.717) is 16.5 Å². The molecule has 1 fully saturated rings. The van der Waals surface area contributed by atoms with Gasteiger partial charge in [-0.15, -0.1) is 10.3 Å². The number of benzene rings is 1. The normalized spacial score (nSPS) is 18.4. The van der Waals surface area contributed by atoms with Crippen LogP contribution in [0.3, 0.4) is 0 Å². The first-order chi connectivity index (χ1) is 8.68. The van der Waals surface area contributed by atoms with E-state index in [0.717, 1.165) is 42.4 Å². The van der Waals surface area contributed by atoms with Gasteiger partial charge in [0.1, 0.15) is 5.69 Å². The fourth-order valence-electron chi connectivity index (χ4n) is 2.52. The molecule has 0 atom stereocenters. The van der Waals surface area contributed by atoms with Crippen molar-refractivity contribution >= 4 is 23.1 Å². The van der Waals surface area contributed by atoms with Crippen LogP contribution in [0.5, 0.6) is 0 Å². The second-order valence-corrected chi connectivity index (χ2v) is 4.56. The van der Waals surface area contributed by atoms with Crippen LogP contribution in [0, 0.1) is 0 Å². The van der Waals surface area contributed by atoms with Crippen molar-refractivity contribution in [2.45, 2.75) is 12.8 Å².